The van der Waals surface area contributed by atoms with E-state index in [2.05, 4.69) is 5.32 Å². The van der Waals surface area contributed by atoms with E-state index in [-0.39, 0.29) is 5.91 Å². The molecule has 1 aromatic carbocycles. The van der Waals surface area contributed by atoms with E-state index in [0.29, 0.717) is 23.6 Å². The molecule has 4 rings (SSSR count). The molecule has 0 atom stereocenters. The topological polar surface area (TPSA) is 73.1 Å². The number of aliphatic imine (C=N–C) groups is 1. The van der Waals surface area contributed by atoms with E-state index in [0.717, 1.165) is 47.6 Å². The van der Waals surface area contributed by atoms with E-state index >= 15 is 0 Å². The largest absolute Gasteiger partial charge is 0.493 e. The highest BCUT2D eigenvalue weighted by molar-refractivity contribution is 7.16. The van der Waals surface area contributed by atoms with Gasteiger partial charge in [-0.2, -0.15) is 0 Å². The molecule has 1 aliphatic carbocycles. The number of carbonyl (C=O) groups is 1. The summed E-state index contributed by atoms with van der Waals surface area (Å²) in [6.07, 6.45) is 7.49. The first-order chi connectivity index (χ1) is 14.7. The fourth-order valence-corrected chi connectivity index (χ4v) is 4.92. The quantitative estimate of drug-likeness (QED) is 0.547. The molecule has 1 aliphatic rings. The molecule has 30 heavy (non-hydrogen) atoms. The molecular formula is C23H24N2O4S. The summed E-state index contributed by atoms with van der Waals surface area (Å²) in [5, 5.41) is 3.70. The van der Waals surface area contributed by atoms with Crippen LogP contribution in [0, 0.1) is 0 Å². The molecule has 2 heterocycles. The van der Waals surface area contributed by atoms with Gasteiger partial charge >= 0.3 is 0 Å². The number of nitrogens with one attached hydrogen (secondary N) is 1. The van der Waals surface area contributed by atoms with Crippen molar-refractivity contribution in [2.45, 2.75) is 32.2 Å². The maximum Gasteiger partial charge on any atom is 0.255 e. The lowest BCUT2D eigenvalue weighted by molar-refractivity contribution is 0.0948. The van der Waals surface area contributed by atoms with Crippen LogP contribution in [0.15, 0.2) is 46.0 Å². The SMILES string of the molecule is COc1cccc(C=Nc2sc3c(c2C(=O)NCc2ccco2)CCCC3)c1OC. The van der Waals surface area contributed by atoms with Crippen LogP contribution in [0.4, 0.5) is 5.00 Å². The standard InChI is InChI=1S/C23H24N2O4S/c1-27-18-10-5-7-15(21(18)28-2)13-25-23-20(17-9-3-4-11-19(17)30-23)22(26)24-14-16-8-6-12-29-16/h5-8,10,12-13H,3-4,9,11,14H2,1-2H3,(H,24,26). The summed E-state index contributed by atoms with van der Waals surface area (Å²) in [5.74, 6) is 1.87. The Morgan fingerprint density at radius 2 is 2.07 bits per heavy atom. The summed E-state index contributed by atoms with van der Waals surface area (Å²) in [7, 11) is 3.21. The molecular weight excluding hydrogens is 400 g/mol. The number of aryl methyl sites for hydroxylation is 1. The smallest absolute Gasteiger partial charge is 0.255 e. The maximum atomic E-state index is 13.1. The molecule has 0 saturated heterocycles. The van der Waals surface area contributed by atoms with Crippen molar-refractivity contribution < 1.29 is 18.7 Å². The second-order valence-corrected chi connectivity index (χ2v) is 8.08. The molecule has 0 radical (unpaired) electrons. The Morgan fingerprint density at radius 3 is 2.83 bits per heavy atom. The van der Waals surface area contributed by atoms with Gasteiger partial charge in [0, 0.05) is 16.7 Å². The Hall–Kier alpha value is -3.06. The van der Waals surface area contributed by atoms with E-state index < -0.39 is 0 Å². The molecule has 2 aromatic heterocycles. The minimum atomic E-state index is -0.115. The highest BCUT2D eigenvalue weighted by Gasteiger charge is 2.25. The van der Waals surface area contributed by atoms with Crippen molar-refractivity contribution >= 4 is 28.5 Å². The number of amides is 1. The molecule has 0 spiro atoms. The zero-order valence-corrected chi connectivity index (χ0v) is 17.9. The van der Waals surface area contributed by atoms with Gasteiger partial charge in [-0.1, -0.05) is 6.07 Å². The summed E-state index contributed by atoms with van der Waals surface area (Å²) >= 11 is 1.60. The zero-order valence-electron chi connectivity index (χ0n) is 17.1. The Balaban J connectivity index is 1.65. The third-order valence-corrected chi connectivity index (χ3v) is 6.34. The van der Waals surface area contributed by atoms with Crippen LogP contribution in [0.2, 0.25) is 0 Å². The highest BCUT2D eigenvalue weighted by atomic mass is 32.1. The molecule has 1 amide bonds. The summed E-state index contributed by atoms with van der Waals surface area (Å²) in [4.78, 5) is 19.0. The fraction of sp³-hybridized carbons (Fsp3) is 0.304. The number of furan rings is 1. The van der Waals surface area contributed by atoms with Crippen LogP contribution >= 0.6 is 11.3 Å². The molecule has 0 unspecified atom stereocenters. The summed E-state index contributed by atoms with van der Waals surface area (Å²) < 4.78 is 16.2. The Kier molecular flexibility index (Phi) is 6.18. The van der Waals surface area contributed by atoms with Crippen molar-refractivity contribution in [3.8, 4) is 11.5 Å². The molecule has 0 aliphatic heterocycles. The molecule has 6 nitrogen and oxygen atoms in total. The van der Waals surface area contributed by atoms with Crippen molar-refractivity contribution in [2.24, 2.45) is 4.99 Å². The number of benzene rings is 1. The summed E-state index contributed by atoms with van der Waals surface area (Å²) in [6.45, 7) is 0.351. The number of para-hydroxylation sites is 1. The van der Waals surface area contributed by atoms with Gasteiger partial charge < -0.3 is 19.2 Å². The predicted octanol–water partition coefficient (Wildman–Crippen LogP) is 4.92. The second-order valence-electron chi connectivity index (χ2n) is 6.99. The van der Waals surface area contributed by atoms with Gasteiger partial charge in [0.15, 0.2) is 11.5 Å². The molecule has 3 aromatic rings. The zero-order chi connectivity index (χ0) is 20.9. The lowest BCUT2D eigenvalue weighted by Crippen LogP contribution is -2.23. The number of nitrogens with zero attached hydrogens (tertiary/aromatic N) is 1. The van der Waals surface area contributed by atoms with E-state index in [4.69, 9.17) is 18.9 Å². The number of carbonyl (C=O) groups excluding carboxylic acids is 1. The maximum absolute atomic E-state index is 13.1. The third kappa shape index (κ3) is 4.11. The fourth-order valence-electron chi connectivity index (χ4n) is 3.69. The summed E-state index contributed by atoms with van der Waals surface area (Å²) in [5.41, 5.74) is 2.61. The van der Waals surface area contributed by atoms with Crippen LogP contribution in [-0.4, -0.2) is 26.3 Å². The van der Waals surface area contributed by atoms with Gasteiger partial charge in [-0.05, 0) is 55.5 Å². The predicted molar refractivity (Wildman–Crippen MR) is 118 cm³/mol. The number of ether oxygens (including phenoxy) is 2. The normalized spacial score (nSPS) is 13.3. The van der Waals surface area contributed by atoms with Crippen molar-refractivity contribution in [1.82, 2.24) is 5.32 Å². The van der Waals surface area contributed by atoms with Crippen LogP contribution in [0.3, 0.4) is 0 Å². The molecule has 156 valence electrons. The highest BCUT2D eigenvalue weighted by Crippen LogP contribution is 2.40. The van der Waals surface area contributed by atoms with Crippen LogP contribution in [0.5, 0.6) is 11.5 Å². The number of rotatable bonds is 7. The minimum Gasteiger partial charge on any atom is -0.493 e. The Bertz CT molecular complexity index is 1050. The molecule has 0 bridgehead atoms. The first kappa shape index (κ1) is 20.2. The third-order valence-electron chi connectivity index (χ3n) is 5.14. The first-order valence-corrected chi connectivity index (χ1v) is 10.7. The van der Waals surface area contributed by atoms with E-state index in [9.17, 15) is 4.79 Å². The van der Waals surface area contributed by atoms with Gasteiger partial charge in [-0.15, -0.1) is 11.3 Å². The average molecular weight is 425 g/mol. The number of hydrogen-bond acceptors (Lipinski definition) is 6. The Morgan fingerprint density at radius 1 is 1.20 bits per heavy atom. The van der Waals surface area contributed by atoms with Crippen molar-refractivity contribution in [1.29, 1.82) is 0 Å². The van der Waals surface area contributed by atoms with Crippen molar-refractivity contribution in [3.63, 3.8) is 0 Å². The molecule has 0 fully saturated rings. The minimum absolute atomic E-state index is 0.115. The van der Waals surface area contributed by atoms with Gasteiger partial charge in [0.2, 0.25) is 0 Å². The van der Waals surface area contributed by atoms with Gasteiger partial charge in [-0.3, -0.25) is 4.79 Å². The second kappa shape index (κ2) is 9.17. The van der Waals surface area contributed by atoms with Crippen LogP contribution in [-0.2, 0) is 19.4 Å². The molecule has 1 N–H and O–H groups in total. The Labute approximate surface area is 179 Å². The lowest BCUT2D eigenvalue weighted by atomic mass is 9.95. The van der Waals surface area contributed by atoms with Crippen LogP contribution < -0.4 is 14.8 Å². The van der Waals surface area contributed by atoms with Gasteiger partial charge in [-0.25, -0.2) is 4.99 Å². The molecule has 7 heteroatoms. The van der Waals surface area contributed by atoms with E-state index in [1.807, 2.05) is 30.3 Å². The monoisotopic (exact) mass is 424 g/mol. The number of hydrogen-bond donors (Lipinski definition) is 1. The van der Waals surface area contributed by atoms with E-state index in [1.54, 1.807) is 38.0 Å². The van der Waals surface area contributed by atoms with Crippen molar-refractivity contribution in [3.05, 3.63) is 63.9 Å². The number of thiophene rings is 1. The van der Waals surface area contributed by atoms with Gasteiger partial charge in [0.25, 0.3) is 5.91 Å². The van der Waals surface area contributed by atoms with Crippen LogP contribution in [0.1, 0.15) is 45.0 Å². The lowest BCUT2D eigenvalue weighted by Gasteiger charge is -2.12. The molecule has 0 saturated carbocycles. The summed E-state index contributed by atoms with van der Waals surface area (Å²) in [6, 6.07) is 9.30. The van der Waals surface area contributed by atoms with Gasteiger partial charge in [0.1, 0.15) is 10.8 Å². The van der Waals surface area contributed by atoms with Crippen molar-refractivity contribution in [2.75, 3.05) is 14.2 Å². The first-order valence-electron chi connectivity index (χ1n) is 9.91. The van der Waals surface area contributed by atoms with Crippen LogP contribution in [0.25, 0.3) is 0 Å². The number of methoxy groups -OCH3 is 2. The van der Waals surface area contributed by atoms with E-state index in [1.165, 1.54) is 4.88 Å². The number of fused-ring (bicyclic) bond motifs is 1. The van der Waals surface area contributed by atoms with Gasteiger partial charge in [0.05, 0.1) is 32.6 Å². The average Bonchev–Trinajstić information content (AvgIpc) is 3.43.